The van der Waals surface area contributed by atoms with E-state index >= 15 is 0 Å². The number of hydrogen-bond donors (Lipinski definition) is 1. The van der Waals surface area contributed by atoms with Gasteiger partial charge in [0.15, 0.2) is 0 Å². The van der Waals surface area contributed by atoms with Crippen molar-refractivity contribution < 1.29 is 45.9 Å². The molecule has 2 aromatic rings. The van der Waals surface area contributed by atoms with Gasteiger partial charge < -0.3 is 5.73 Å². The predicted octanol–water partition coefficient (Wildman–Crippen LogP) is 3.95. The van der Waals surface area contributed by atoms with E-state index in [-0.39, 0.29) is 32.7 Å². The molecule has 1 nitrogen and oxygen atoms in total. The van der Waals surface area contributed by atoms with Crippen molar-refractivity contribution in [2.45, 2.75) is 6.18 Å². The second-order valence-electron chi connectivity index (χ2n) is 3.27. The quantitative estimate of drug-likeness (QED) is 0.711. The van der Waals surface area contributed by atoms with Crippen LogP contribution in [0, 0.1) is 13.0 Å². The van der Waals surface area contributed by atoms with Crippen molar-refractivity contribution in [3.8, 4) is 0 Å². The number of nitrogens with two attached hydrogens (primary N) is 1. The van der Waals surface area contributed by atoms with E-state index in [0.717, 1.165) is 12.1 Å². The van der Waals surface area contributed by atoms with Crippen LogP contribution >= 0.6 is 0 Å². The number of alkyl halides is 3. The minimum absolute atomic E-state index is 0. The van der Waals surface area contributed by atoms with E-state index in [2.05, 4.69) is 18.7 Å². The van der Waals surface area contributed by atoms with Gasteiger partial charge in [-0.3, -0.25) is 0 Å². The summed E-state index contributed by atoms with van der Waals surface area (Å²) in [4.78, 5) is 0. The molecular weight excluding hydrogens is 340 g/mol. The van der Waals surface area contributed by atoms with Gasteiger partial charge in [-0.05, 0) is 7.05 Å². The van der Waals surface area contributed by atoms with Gasteiger partial charge in [-0.15, -0.1) is 12.1 Å². The molecule has 0 unspecified atom stereocenters. The van der Waals surface area contributed by atoms with E-state index in [1.165, 1.54) is 19.2 Å². The Morgan fingerprint density at radius 2 is 1.40 bits per heavy atom. The van der Waals surface area contributed by atoms with E-state index in [1.807, 2.05) is 30.3 Å². The second-order valence-corrected chi connectivity index (χ2v) is 3.27. The second kappa shape index (κ2) is 11.9. The zero-order valence-electron chi connectivity index (χ0n) is 11.2. The van der Waals surface area contributed by atoms with Crippen LogP contribution in [0.4, 0.5) is 13.2 Å². The summed E-state index contributed by atoms with van der Waals surface area (Å²) in [6.07, 6.45) is -4.24. The molecule has 0 heterocycles. The van der Waals surface area contributed by atoms with Crippen LogP contribution in [0.5, 0.6) is 0 Å². The van der Waals surface area contributed by atoms with Crippen LogP contribution in [-0.2, 0) is 38.9 Å². The minimum atomic E-state index is -4.24. The van der Waals surface area contributed by atoms with Gasteiger partial charge in [-0.1, -0.05) is 0 Å². The number of benzene rings is 2. The van der Waals surface area contributed by atoms with Gasteiger partial charge >= 0.3 is 6.18 Å². The molecule has 1 radical (unpaired) electrons. The first-order valence-corrected chi connectivity index (χ1v) is 5.48. The fourth-order valence-corrected chi connectivity index (χ4v) is 1.04. The molecule has 2 rings (SSSR count). The van der Waals surface area contributed by atoms with Gasteiger partial charge in [-0.2, -0.15) is 74.2 Å². The molecule has 2 N–H and O–H groups in total. The molecule has 0 aliphatic heterocycles. The molecule has 5 heteroatoms. The molecule has 0 saturated heterocycles. The van der Waals surface area contributed by atoms with Crippen LogP contribution in [0.3, 0.4) is 0 Å². The Morgan fingerprint density at radius 3 is 1.65 bits per heavy atom. The number of rotatable bonds is 0. The predicted molar refractivity (Wildman–Crippen MR) is 71.3 cm³/mol. The standard InChI is InChI=1S/C8H6F3.C6H5.CH5N.Y/c1-6-2-4-7(5-3-6)8(9,10)11;1-2-4-6-5-3-1;1-2;/h2-5H,1H2;1-5H;2H2,1H3;/q2*-1;;. The molecular formula is C15H16F3NY-2. The maximum Gasteiger partial charge on any atom is 0.414 e. The molecule has 0 aliphatic carbocycles. The molecule has 0 atom stereocenters. The average Bonchev–Trinajstić information content (AvgIpc) is 2.43. The number of halogens is 3. The van der Waals surface area contributed by atoms with Crippen LogP contribution in [0.25, 0.3) is 0 Å². The summed E-state index contributed by atoms with van der Waals surface area (Å²) in [6, 6.07) is 17.2. The Bertz CT molecular complexity index is 400. The molecule has 0 fully saturated rings. The van der Waals surface area contributed by atoms with Gasteiger partial charge in [0.25, 0.3) is 0 Å². The third-order valence-electron chi connectivity index (χ3n) is 1.89. The summed E-state index contributed by atoms with van der Waals surface area (Å²) in [5.74, 6) is 0. The maximum atomic E-state index is 11.9. The summed E-state index contributed by atoms with van der Waals surface area (Å²) >= 11 is 0. The first-order chi connectivity index (χ1) is 9.00. The van der Waals surface area contributed by atoms with E-state index in [9.17, 15) is 13.2 Å². The molecule has 0 aliphatic rings. The summed E-state index contributed by atoms with van der Waals surface area (Å²) in [5.41, 5.74) is 4.45. The SMILES string of the molecule is CN.[CH2-]c1ccc(C(F)(F)F)cc1.[Y].[c-]1ccccc1. The largest absolute Gasteiger partial charge is 0.414 e. The molecule has 107 valence electrons. The molecule has 2 aromatic carbocycles. The Morgan fingerprint density at radius 1 is 0.950 bits per heavy atom. The van der Waals surface area contributed by atoms with Crippen LogP contribution < -0.4 is 5.73 Å². The van der Waals surface area contributed by atoms with Gasteiger partial charge in [0.05, 0.1) is 0 Å². The zero-order chi connectivity index (χ0) is 14.7. The average molecular weight is 356 g/mol. The van der Waals surface area contributed by atoms with Crippen molar-refractivity contribution in [1.82, 2.24) is 0 Å². The maximum absolute atomic E-state index is 11.9. The van der Waals surface area contributed by atoms with E-state index in [4.69, 9.17) is 0 Å². The van der Waals surface area contributed by atoms with Crippen LogP contribution in [0.15, 0.2) is 54.6 Å². The summed E-state index contributed by atoms with van der Waals surface area (Å²) in [6.45, 7) is 3.48. The van der Waals surface area contributed by atoms with E-state index in [1.54, 1.807) is 0 Å². The van der Waals surface area contributed by atoms with Crippen LogP contribution in [-0.4, -0.2) is 7.05 Å². The molecule has 0 amide bonds. The zero-order valence-corrected chi connectivity index (χ0v) is 14.0. The summed E-state index contributed by atoms with van der Waals surface area (Å²) < 4.78 is 35.7. The van der Waals surface area contributed by atoms with Gasteiger partial charge in [0.1, 0.15) is 0 Å². The van der Waals surface area contributed by atoms with Crippen LogP contribution in [0.2, 0.25) is 0 Å². The van der Waals surface area contributed by atoms with E-state index < -0.39 is 11.7 Å². The fraction of sp³-hybridized carbons (Fsp3) is 0.133. The number of hydrogen-bond acceptors (Lipinski definition) is 1. The van der Waals surface area contributed by atoms with E-state index in [0.29, 0.717) is 5.56 Å². The first kappa shape index (κ1) is 21.5. The van der Waals surface area contributed by atoms with Gasteiger partial charge in [-0.25, -0.2) is 0 Å². The first-order valence-electron chi connectivity index (χ1n) is 5.48. The normalized spacial score (nSPS) is 9.05. The molecule has 0 spiro atoms. The Labute approximate surface area is 143 Å². The van der Waals surface area contributed by atoms with Crippen molar-refractivity contribution in [3.63, 3.8) is 0 Å². The summed E-state index contributed by atoms with van der Waals surface area (Å²) in [7, 11) is 1.50. The van der Waals surface area contributed by atoms with Gasteiger partial charge in [0, 0.05) is 38.3 Å². The fourth-order valence-electron chi connectivity index (χ4n) is 1.04. The van der Waals surface area contributed by atoms with Crippen LogP contribution in [0.1, 0.15) is 11.1 Å². The third-order valence-corrected chi connectivity index (χ3v) is 1.89. The molecule has 0 saturated carbocycles. The monoisotopic (exact) mass is 356 g/mol. The Balaban J connectivity index is 0. The molecule has 0 bridgehead atoms. The topological polar surface area (TPSA) is 26.0 Å². The molecule has 0 aromatic heterocycles. The third kappa shape index (κ3) is 10.0. The minimum Gasteiger partial charge on any atom is -0.333 e. The van der Waals surface area contributed by atoms with Crippen molar-refractivity contribution in [3.05, 3.63) is 78.7 Å². The Hall–Kier alpha value is -0.836. The van der Waals surface area contributed by atoms with Crippen molar-refractivity contribution in [2.24, 2.45) is 5.73 Å². The van der Waals surface area contributed by atoms with Crippen molar-refractivity contribution in [2.75, 3.05) is 7.05 Å². The van der Waals surface area contributed by atoms with Crippen molar-refractivity contribution >= 4 is 0 Å². The smallest absolute Gasteiger partial charge is 0.333 e. The molecule has 20 heavy (non-hydrogen) atoms. The summed E-state index contributed by atoms with van der Waals surface area (Å²) in [5, 5.41) is 0. The van der Waals surface area contributed by atoms with Crippen molar-refractivity contribution in [1.29, 1.82) is 0 Å². The van der Waals surface area contributed by atoms with Gasteiger partial charge in [0.2, 0.25) is 0 Å². The Kier molecular flexibility index (Phi) is 12.8.